The van der Waals surface area contributed by atoms with Crippen molar-refractivity contribution in [1.82, 2.24) is 35.7 Å². The fourth-order valence-corrected chi connectivity index (χ4v) is 5.43. The maximum atomic E-state index is 13.6. The van der Waals surface area contributed by atoms with E-state index in [1.54, 1.807) is 12.4 Å². The number of aromatic nitrogens is 4. The van der Waals surface area contributed by atoms with E-state index >= 15 is 0 Å². The number of pyridine rings is 2. The van der Waals surface area contributed by atoms with Gasteiger partial charge in [-0.3, -0.25) is 9.59 Å². The van der Waals surface area contributed by atoms with Crippen LogP contribution in [0.5, 0.6) is 0 Å². The van der Waals surface area contributed by atoms with Crippen LogP contribution in [0.15, 0.2) is 30.6 Å². The minimum Gasteiger partial charge on any atom is -0.354 e. The van der Waals surface area contributed by atoms with Crippen molar-refractivity contribution < 1.29 is 9.59 Å². The Morgan fingerprint density at radius 2 is 2.03 bits per heavy atom. The predicted molar refractivity (Wildman–Crippen MR) is 143 cm³/mol. The van der Waals surface area contributed by atoms with Crippen LogP contribution in [0.3, 0.4) is 0 Å². The number of fused-ring (bicyclic) bond motifs is 1. The van der Waals surface area contributed by atoms with Crippen molar-refractivity contribution in [1.29, 1.82) is 0 Å². The zero-order valence-electron chi connectivity index (χ0n) is 22.0. The second-order valence-corrected chi connectivity index (χ2v) is 10.5. The Kier molecular flexibility index (Phi) is 7.10. The molecule has 0 aromatic carbocycles. The summed E-state index contributed by atoms with van der Waals surface area (Å²) in [4.78, 5) is 38.1. The molecule has 2 aliphatic rings. The highest BCUT2D eigenvalue weighted by atomic mass is 16.2. The number of carbonyl (C=O) groups is 2. The van der Waals surface area contributed by atoms with E-state index in [9.17, 15) is 9.59 Å². The molecule has 2 aliphatic heterocycles. The smallest absolute Gasteiger partial charge is 0.252 e. The number of nitrogens with one attached hydrogen (secondary N) is 3. The molecule has 196 valence electrons. The molecule has 3 N–H and O–H groups in total. The lowest BCUT2D eigenvalue weighted by molar-refractivity contribution is -0.129. The molecule has 0 saturated carbocycles. The van der Waals surface area contributed by atoms with Gasteiger partial charge in [0.05, 0.1) is 28.8 Å². The lowest BCUT2D eigenvalue weighted by atomic mass is 9.84. The van der Waals surface area contributed by atoms with Crippen LogP contribution in [-0.4, -0.2) is 70.3 Å². The molecule has 0 bridgehead atoms. The Labute approximate surface area is 217 Å². The summed E-state index contributed by atoms with van der Waals surface area (Å²) in [7, 11) is 0. The van der Waals surface area contributed by atoms with Gasteiger partial charge in [-0.2, -0.15) is 5.10 Å². The van der Waals surface area contributed by atoms with Crippen LogP contribution in [0.25, 0.3) is 22.3 Å². The van der Waals surface area contributed by atoms with Crippen molar-refractivity contribution in [2.75, 3.05) is 37.6 Å². The van der Waals surface area contributed by atoms with Crippen molar-refractivity contribution in [3.05, 3.63) is 36.2 Å². The third kappa shape index (κ3) is 5.02. The molecule has 37 heavy (non-hydrogen) atoms. The molecule has 0 radical (unpaired) electrons. The standard InChI is InChI=1S/C27H36N8O2/c1-16(2)35-25-22(15-31-35)20(26(36)30-14-21-17(3)12-18(4)32-27(21)37)13-23(33-25)19-6-5-7-29-24(19)34-10-8-28-9-11-34/h5-7,13,15-18,21,28H,8-12,14H2,1-4H3,(H,30,36)(H,32,37). The van der Waals surface area contributed by atoms with Gasteiger partial charge in [0.1, 0.15) is 5.82 Å². The van der Waals surface area contributed by atoms with E-state index in [1.165, 1.54) is 0 Å². The van der Waals surface area contributed by atoms with Gasteiger partial charge in [0, 0.05) is 56.6 Å². The largest absolute Gasteiger partial charge is 0.354 e. The summed E-state index contributed by atoms with van der Waals surface area (Å²) in [5, 5.41) is 14.7. The topological polar surface area (TPSA) is 117 Å². The number of piperidine rings is 1. The fourth-order valence-electron chi connectivity index (χ4n) is 5.43. The summed E-state index contributed by atoms with van der Waals surface area (Å²) in [6, 6.07) is 5.97. The molecule has 3 unspecified atom stereocenters. The molecule has 0 aliphatic carbocycles. The van der Waals surface area contributed by atoms with Gasteiger partial charge < -0.3 is 20.9 Å². The first-order valence-electron chi connectivity index (χ1n) is 13.2. The summed E-state index contributed by atoms with van der Waals surface area (Å²) in [6.07, 6.45) is 4.40. The van der Waals surface area contributed by atoms with Gasteiger partial charge in [0.15, 0.2) is 5.65 Å². The average molecular weight is 505 g/mol. The van der Waals surface area contributed by atoms with Crippen LogP contribution in [0.2, 0.25) is 0 Å². The Morgan fingerprint density at radius 1 is 1.24 bits per heavy atom. The molecule has 2 fully saturated rings. The van der Waals surface area contributed by atoms with Gasteiger partial charge in [0.25, 0.3) is 5.91 Å². The number of rotatable bonds is 6. The number of anilines is 1. The van der Waals surface area contributed by atoms with Gasteiger partial charge in [-0.25, -0.2) is 14.6 Å². The molecule has 3 aromatic heterocycles. The van der Waals surface area contributed by atoms with Gasteiger partial charge >= 0.3 is 0 Å². The number of hydrogen-bond acceptors (Lipinski definition) is 7. The first-order valence-corrected chi connectivity index (χ1v) is 13.2. The first kappa shape index (κ1) is 25.1. The molecule has 2 amide bonds. The molecule has 3 atom stereocenters. The average Bonchev–Trinajstić information content (AvgIpc) is 3.32. The monoisotopic (exact) mass is 504 g/mol. The minimum atomic E-state index is -0.257. The number of nitrogens with zero attached hydrogens (tertiary/aromatic N) is 5. The van der Waals surface area contributed by atoms with E-state index in [4.69, 9.17) is 4.98 Å². The third-order valence-corrected chi connectivity index (χ3v) is 7.40. The number of hydrogen-bond donors (Lipinski definition) is 3. The molecule has 0 spiro atoms. The molecular weight excluding hydrogens is 468 g/mol. The summed E-state index contributed by atoms with van der Waals surface area (Å²) in [6.45, 7) is 11.9. The summed E-state index contributed by atoms with van der Waals surface area (Å²) < 4.78 is 1.84. The second kappa shape index (κ2) is 10.5. The number of amides is 2. The number of carbonyl (C=O) groups excluding carboxylic acids is 2. The van der Waals surface area contributed by atoms with Crippen LogP contribution in [0.4, 0.5) is 5.82 Å². The van der Waals surface area contributed by atoms with Crippen LogP contribution >= 0.6 is 0 Å². The maximum absolute atomic E-state index is 13.6. The van der Waals surface area contributed by atoms with Crippen molar-refractivity contribution in [3.8, 4) is 11.3 Å². The highest BCUT2D eigenvalue weighted by Gasteiger charge is 2.32. The summed E-state index contributed by atoms with van der Waals surface area (Å²) in [5.74, 6) is 0.560. The molecule has 2 saturated heterocycles. The van der Waals surface area contributed by atoms with E-state index in [0.717, 1.165) is 44.0 Å². The second-order valence-electron chi connectivity index (χ2n) is 10.5. The van der Waals surface area contributed by atoms with Gasteiger partial charge in [0.2, 0.25) is 5.91 Å². The van der Waals surface area contributed by atoms with E-state index in [0.29, 0.717) is 22.3 Å². The molecule has 5 heterocycles. The van der Waals surface area contributed by atoms with Crippen molar-refractivity contribution in [2.45, 2.75) is 46.2 Å². The van der Waals surface area contributed by atoms with Gasteiger partial charge in [-0.05, 0) is 51.3 Å². The molecule has 10 nitrogen and oxygen atoms in total. The molecule has 5 rings (SSSR count). The Bertz CT molecular complexity index is 1300. The SMILES string of the molecule is CC1CC(C)C(CNC(=O)c2cc(-c3cccnc3N3CCNCC3)nc3c2cnn3C(C)C)C(=O)N1. The fraction of sp³-hybridized carbons (Fsp3) is 0.519. The zero-order valence-corrected chi connectivity index (χ0v) is 22.0. The van der Waals surface area contributed by atoms with E-state index in [1.807, 2.05) is 43.7 Å². The first-order chi connectivity index (χ1) is 17.8. The molecule has 10 heteroatoms. The van der Waals surface area contributed by atoms with E-state index in [-0.39, 0.29) is 42.3 Å². The Hall–Kier alpha value is -3.53. The summed E-state index contributed by atoms with van der Waals surface area (Å²) >= 11 is 0. The lowest BCUT2D eigenvalue weighted by Gasteiger charge is -2.32. The van der Waals surface area contributed by atoms with Gasteiger partial charge in [-0.1, -0.05) is 6.92 Å². The highest BCUT2D eigenvalue weighted by Crippen LogP contribution is 2.32. The van der Waals surface area contributed by atoms with E-state index in [2.05, 4.69) is 37.9 Å². The lowest BCUT2D eigenvalue weighted by Crippen LogP contribution is -2.50. The van der Waals surface area contributed by atoms with Gasteiger partial charge in [-0.15, -0.1) is 0 Å². The van der Waals surface area contributed by atoms with Crippen LogP contribution in [0, 0.1) is 11.8 Å². The Balaban J connectivity index is 1.52. The third-order valence-electron chi connectivity index (χ3n) is 7.40. The summed E-state index contributed by atoms with van der Waals surface area (Å²) in [5.41, 5.74) is 2.72. The van der Waals surface area contributed by atoms with Crippen molar-refractivity contribution in [3.63, 3.8) is 0 Å². The van der Waals surface area contributed by atoms with E-state index < -0.39 is 0 Å². The van der Waals surface area contributed by atoms with Crippen molar-refractivity contribution in [2.24, 2.45) is 11.8 Å². The van der Waals surface area contributed by atoms with Crippen LogP contribution in [-0.2, 0) is 4.79 Å². The van der Waals surface area contributed by atoms with Crippen LogP contribution in [0.1, 0.15) is 50.5 Å². The zero-order chi connectivity index (χ0) is 26.1. The molecular formula is C27H36N8O2. The van der Waals surface area contributed by atoms with Crippen molar-refractivity contribution >= 4 is 28.7 Å². The van der Waals surface area contributed by atoms with Crippen LogP contribution < -0.4 is 20.9 Å². The maximum Gasteiger partial charge on any atom is 0.252 e. The normalized spacial score (nSPS) is 22.4. The quantitative estimate of drug-likeness (QED) is 0.472. The highest BCUT2D eigenvalue weighted by molar-refractivity contribution is 6.07. The Morgan fingerprint density at radius 3 is 2.76 bits per heavy atom. The predicted octanol–water partition coefficient (Wildman–Crippen LogP) is 2.37. The number of piperazine rings is 1. The minimum absolute atomic E-state index is 0.00392. The molecule has 3 aromatic rings.